The Morgan fingerprint density at radius 3 is 2.51 bits per heavy atom. The van der Waals surface area contributed by atoms with E-state index in [1.54, 1.807) is 43.3 Å². The molecule has 0 unspecified atom stereocenters. The molecule has 0 bridgehead atoms. The fourth-order valence-corrected chi connectivity index (χ4v) is 4.15. The smallest absolute Gasteiger partial charge is 0.269 e. The second kappa shape index (κ2) is 9.84. The van der Waals surface area contributed by atoms with Crippen molar-refractivity contribution in [3.05, 3.63) is 110 Å². The summed E-state index contributed by atoms with van der Waals surface area (Å²) in [5.41, 5.74) is 4.71. The van der Waals surface area contributed by atoms with E-state index in [9.17, 15) is 20.2 Å². The van der Waals surface area contributed by atoms with Crippen LogP contribution in [0.4, 0.5) is 11.4 Å². The van der Waals surface area contributed by atoms with E-state index in [2.05, 4.69) is 9.88 Å². The summed E-state index contributed by atoms with van der Waals surface area (Å²) < 4.78 is 2.07. The first-order valence-corrected chi connectivity index (χ1v) is 11.2. The second-order valence-corrected chi connectivity index (χ2v) is 8.47. The number of fused-ring (bicyclic) bond motifs is 1. The number of hydrogen-bond donors (Lipinski definition) is 1. The van der Waals surface area contributed by atoms with Gasteiger partial charge in [0.2, 0.25) is 0 Å². The highest BCUT2D eigenvalue weighted by atomic mass is 35.5. The maximum atomic E-state index is 12.9. The van der Waals surface area contributed by atoms with Crippen LogP contribution in [0.2, 0.25) is 5.02 Å². The van der Waals surface area contributed by atoms with Crippen molar-refractivity contribution in [2.45, 2.75) is 20.4 Å². The van der Waals surface area contributed by atoms with E-state index in [0.717, 1.165) is 33.3 Å². The molecule has 8 heteroatoms. The molecule has 4 rings (SSSR count). The second-order valence-electron chi connectivity index (χ2n) is 8.06. The molecule has 1 N–H and O–H groups in total. The van der Waals surface area contributed by atoms with Gasteiger partial charge in [0, 0.05) is 51.5 Å². The number of non-ortho nitro benzene ring substituents is 1. The lowest BCUT2D eigenvalue weighted by Gasteiger charge is -2.09. The fraction of sp³-hybridized carbons (Fsp3) is 0.111. The molecule has 1 amide bonds. The lowest BCUT2D eigenvalue weighted by molar-refractivity contribution is -0.384. The van der Waals surface area contributed by atoms with Gasteiger partial charge in [-0.3, -0.25) is 14.9 Å². The molecule has 0 aliphatic rings. The number of nitro benzene ring substituents is 1. The van der Waals surface area contributed by atoms with Crippen LogP contribution in [0.3, 0.4) is 0 Å². The topological polar surface area (TPSA) is 101 Å². The zero-order valence-electron chi connectivity index (χ0n) is 19.1. The number of benzene rings is 3. The number of carbonyl (C=O) groups is 1. The van der Waals surface area contributed by atoms with Crippen LogP contribution in [-0.2, 0) is 11.3 Å². The lowest BCUT2D eigenvalue weighted by atomic mass is 10.1. The third kappa shape index (κ3) is 4.79. The van der Waals surface area contributed by atoms with Crippen LogP contribution in [0.1, 0.15) is 22.4 Å². The molecule has 0 saturated heterocycles. The first kappa shape index (κ1) is 23.7. The first-order valence-electron chi connectivity index (χ1n) is 10.8. The molecule has 7 nitrogen and oxygen atoms in total. The number of para-hydroxylation sites is 1. The Balaban J connectivity index is 1.72. The van der Waals surface area contributed by atoms with Crippen molar-refractivity contribution in [1.29, 1.82) is 5.26 Å². The minimum absolute atomic E-state index is 0.0334. The number of halogens is 1. The van der Waals surface area contributed by atoms with Gasteiger partial charge < -0.3 is 9.88 Å². The van der Waals surface area contributed by atoms with Gasteiger partial charge in [0.15, 0.2) is 0 Å². The summed E-state index contributed by atoms with van der Waals surface area (Å²) >= 11 is 6.15. The first-order chi connectivity index (χ1) is 16.8. The van der Waals surface area contributed by atoms with Crippen molar-refractivity contribution >= 4 is 45.9 Å². The van der Waals surface area contributed by atoms with Crippen molar-refractivity contribution in [2.75, 3.05) is 5.32 Å². The number of hydrogen-bond acceptors (Lipinski definition) is 4. The number of nitrogens with one attached hydrogen (secondary N) is 1. The molecule has 35 heavy (non-hydrogen) atoms. The van der Waals surface area contributed by atoms with Crippen molar-refractivity contribution in [1.82, 2.24) is 4.57 Å². The number of nitro groups is 1. The Hall–Kier alpha value is -4.41. The Labute approximate surface area is 207 Å². The van der Waals surface area contributed by atoms with E-state index in [1.807, 2.05) is 37.3 Å². The Morgan fingerprint density at radius 2 is 1.83 bits per heavy atom. The quantitative estimate of drug-likeness (QED) is 0.148. The number of amides is 1. The molecular formula is C27H21ClN4O3. The van der Waals surface area contributed by atoms with Crippen LogP contribution in [0.15, 0.2) is 72.3 Å². The maximum Gasteiger partial charge on any atom is 0.269 e. The number of rotatable bonds is 6. The molecule has 0 aliphatic heterocycles. The monoisotopic (exact) mass is 484 g/mol. The number of aromatic nitrogens is 1. The summed E-state index contributed by atoms with van der Waals surface area (Å²) in [5, 5.41) is 24.9. The molecule has 1 heterocycles. The van der Waals surface area contributed by atoms with E-state index >= 15 is 0 Å². The number of nitrogens with zero attached hydrogens (tertiary/aromatic N) is 3. The van der Waals surface area contributed by atoms with Gasteiger partial charge in [-0.1, -0.05) is 48.0 Å². The fourth-order valence-electron chi connectivity index (χ4n) is 3.97. The molecule has 3 aromatic carbocycles. The molecular weight excluding hydrogens is 464 g/mol. The molecule has 0 fully saturated rings. The van der Waals surface area contributed by atoms with E-state index in [0.29, 0.717) is 17.3 Å². The van der Waals surface area contributed by atoms with Gasteiger partial charge in [0.1, 0.15) is 11.6 Å². The van der Waals surface area contributed by atoms with Crippen LogP contribution >= 0.6 is 11.6 Å². The average molecular weight is 485 g/mol. The predicted octanol–water partition coefficient (Wildman–Crippen LogP) is 6.41. The van der Waals surface area contributed by atoms with Gasteiger partial charge in [0.05, 0.1) is 4.92 Å². The van der Waals surface area contributed by atoms with Gasteiger partial charge in [-0.2, -0.15) is 5.26 Å². The molecule has 0 radical (unpaired) electrons. The Bertz CT molecular complexity index is 1530. The normalized spacial score (nSPS) is 11.3. The molecule has 1 aromatic heterocycles. The zero-order chi connectivity index (χ0) is 25.1. The number of carbonyl (C=O) groups excluding carboxylic acids is 1. The maximum absolute atomic E-state index is 12.9. The van der Waals surface area contributed by atoms with Gasteiger partial charge in [-0.15, -0.1) is 0 Å². The standard InChI is InChI=1S/C27H21ClN4O3/c1-17-24(28)7-5-8-25(17)30-27(33)20(15-29)14-23-18(2)31(26-9-4-3-6-22(23)26)16-19-10-12-21(13-11-19)32(34)35/h3-14H,16H2,1-2H3,(H,30,33)/b20-14-. The van der Waals surface area contributed by atoms with E-state index < -0.39 is 10.8 Å². The molecule has 0 saturated carbocycles. The third-order valence-corrected chi connectivity index (χ3v) is 6.35. The highest BCUT2D eigenvalue weighted by Gasteiger charge is 2.17. The van der Waals surface area contributed by atoms with Crippen molar-refractivity contribution in [2.24, 2.45) is 0 Å². The van der Waals surface area contributed by atoms with Crippen molar-refractivity contribution < 1.29 is 9.72 Å². The van der Waals surface area contributed by atoms with E-state index in [-0.39, 0.29) is 11.3 Å². The largest absolute Gasteiger partial charge is 0.340 e. The Kier molecular flexibility index (Phi) is 6.67. The van der Waals surface area contributed by atoms with Crippen molar-refractivity contribution in [3.8, 4) is 6.07 Å². The van der Waals surface area contributed by atoms with Crippen molar-refractivity contribution in [3.63, 3.8) is 0 Å². The predicted molar refractivity (Wildman–Crippen MR) is 137 cm³/mol. The minimum Gasteiger partial charge on any atom is -0.340 e. The minimum atomic E-state index is -0.524. The van der Waals surface area contributed by atoms with Crippen LogP contribution in [0.5, 0.6) is 0 Å². The van der Waals surface area contributed by atoms with Crippen LogP contribution in [-0.4, -0.2) is 15.4 Å². The molecule has 0 atom stereocenters. The SMILES string of the molecule is Cc1c(Cl)cccc1NC(=O)/C(C#N)=C\c1c(C)n(Cc2ccc([N+](=O)[O-])cc2)c2ccccc12. The van der Waals surface area contributed by atoms with E-state index in [1.165, 1.54) is 12.1 Å². The van der Waals surface area contributed by atoms with Gasteiger partial charge in [0.25, 0.3) is 11.6 Å². The number of nitriles is 1. The van der Waals surface area contributed by atoms with Gasteiger partial charge in [-0.05, 0) is 49.2 Å². The van der Waals surface area contributed by atoms with E-state index in [4.69, 9.17) is 11.6 Å². The zero-order valence-corrected chi connectivity index (χ0v) is 19.8. The Morgan fingerprint density at radius 1 is 1.11 bits per heavy atom. The molecule has 174 valence electrons. The summed E-state index contributed by atoms with van der Waals surface area (Å²) in [6, 6.07) is 21.3. The highest BCUT2D eigenvalue weighted by Crippen LogP contribution is 2.30. The molecule has 4 aromatic rings. The highest BCUT2D eigenvalue weighted by molar-refractivity contribution is 6.31. The third-order valence-electron chi connectivity index (χ3n) is 5.94. The summed E-state index contributed by atoms with van der Waals surface area (Å²) in [4.78, 5) is 23.5. The van der Waals surface area contributed by atoms with Crippen LogP contribution in [0.25, 0.3) is 17.0 Å². The van der Waals surface area contributed by atoms with Gasteiger partial charge >= 0.3 is 0 Å². The van der Waals surface area contributed by atoms with Gasteiger partial charge in [-0.25, -0.2) is 0 Å². The van der Waals surface area contributed by atoms with Crippen LogP contribution < -0.4 is 5.32 Å². The summed E-state index contributed by atoms with van der Waals surface area (Å²) in [6.07, 6.45) is 1.60. The summed E-state index contributed by atoms with van der Waals surface area (Å²) in [6.45, 7) is 4.20. The summed E-state index contributed by atoms with van der Waals surface area (Å²) in [7, 11) is 0. The molecule has 0 spiro atoms. The summed E-state index contributed by atoms with van der Waals surface area (Å²) in [5.74, 6) is -0.524. The number of anilines is 1. The van der Waals surface area contributed by atoms with Crippen LogP contribution in [0, 0.1) is 35.3 Å². The average Bonchev–Trinajstić information content (AvgIpc) is 3.11. The lowest BCUT2D eigenvalue weighted by Crippen LogP contribution is -2.14. The molecule has 0 aliphatic carbocycles.